The highest BCUT2D eigenvalue weighted by molar-refractivity contribution is 7.25. The number of hydrogen-bond acceptors (Lipinski definition) is 3. The number of hydrogen-bond donors (Lipinski definition) is 0. The number of benzene rings is 10. The van der Waals surface area contributed by atoms with E-state index in [9.17, 15) is 0 Å². The van der Waals surface area contributed by atoms with Crippen molar-refractivity contribution in [3.8, 4) is 22.3 Å². The number of para-hydroxylation sites is 2. The minimum Gasteiger partial charge on any atom is -0.456 e. The first-order chi connectivity index (χ1) is 31.2. The highest BCUT2D eigenvalue weighted by Gasteiger charge is 2.32. The number of anilines is 3. The van der Waals surface area contributed by atoms with Gasteiger partial charge in [-0.2, -0.15) is 0 Å². The van der Waals surface area contributed by atoms with Crippen molar-refractivity contribution in [3.05, 3.63) is 223 Å². The molecule has 2 heterocycles. The lowest BCUT2D eigenvalue weighted by Gasteiger charge is -2.32. The third-order valence-electron chi connectivity index (χ3n) is 13.5. The molecule has 0 N–H and O–H groups in total. The van der Waals surface area contributed by atoms with Gasteiger partial charge in [0.25, 0.3) is 0 Å². The Balaban J connectivity index is 1.16. The summed E-state index contributed by atoms with van der Waals surface area (Å²) in [6.45, 7) is 0. The second-order valence-electron chi connectivity index (χ2n) is 17.1. The van der Waals surface area contributed by atoms with Crippen molar-refractivity contribution in [2.45, 2.75) is 25.2 Å². The van der Waals surface area contributed by atoms with E-state index in [2.05, 4.69) is 211 Å². The van der Waals surface area contributed by atoms with Gasteiger partial charge in [0.2, 0.25) is 0 Å². The van der Waals surface area contributed by atoms with E-state index in [-0.39, 0.29) is 5.92 Å². The molecule has 2 nitrogen and oxygen atoms in total. The van der Waals surface area contributed by atoms with Crippen LogP contribution in [0.15, 0.2) is 211 Å². The molecule has 3 heteroatoms. The van der Waals surface area contributed by atoms with Gasteiger partial charge in [-0.15, -0.1) is 11.3 Å². The van der Waals surface area contributed by atoms with Crippen LogP contribution < -0.4 is 4.90 Å². The summed E-state index contributed by atoms with van der Waals surface area (Å²) in [5, 5.41) is 9.94. The lowest BCUT2D eigenvalue weighted by molar-refractivity contribution is 0.628. The maximum Gasteiger partial charge on any atom is 0.136 e. The second kappa shape index (κ2) is 14.6. The van der Waals surface area contributed by atoms with Gasteiger partial charge in [-0.25, -0.2) is 0 Å². The molecule has 0 radical (unpaired) electrons. The van der Waals surface area contributed by atoms with Crippen LogP contribution in [-0.2, 0) is 12.8 Å². The molecule has 63 heavy (non-hydrogen) atoms. The highest BCUT2D eigenvalue weighted by atomic mass is 32.1. The van der Waals surface area contributed by atoms with Crippen LogP contribution in [0.4, 0.5) is 17.1 Å². The predicted molar refractivity (Wildman–Crippen MR) is 268 cm³/mol. The van der Waals surface area contributed by atoms with Crippen LogP contribution in [0.3, 0.4) is 0 Å². The first-order valence-corrected chi connectivity index (χ1v) is 22.9. The van der Waals surface area contributed by atoms with Gasteiger partial charge in [0.05, 0.1) is 5.69 Å². The third-order valence-corrected chi connectivity index (χ3v) is 14.7. The molecule has 1 aliphatic rings. The average Bonchev–Trinajstić information content (AvgIpc) is 3.86. The van der Waals surface area contributed by atoms with Gasteiger partial charge in [0.1, 0.15) is 11.2 Å². The van der Waals surface area contributed by atoms with Crippen molar-refractivity contribution in [3.63, 3.8) is 0 Å². The van der Waals surface area contributed by atoms with Crippen molar-refractivity contribution < 1.29 is 4.42 Å². The van der Waals surface area contributed by atoms with E-state index in [1.807, 2.05) is 11.3 Å². The van der Waals surface area contributed by atoms with Crippen LogP contribution in [0.2, 0.25) is 0 Å². The Hall–Kier alpha value is -7.46. The number of rotatable bonds is 6. The quantitative estimate of drug-likeness (QED) is 0.155. The molecule has 0 aliphatic heterocycles. The van der Waals surface area contributed by atoms with E-state index in [0.29, 0.717) is 0 Å². The normalized spacial score (nSPS) is 13.8. The molecule has 0 amide bonds. The van der Waals surface area contributed by atoms with E-state index in [0.717, 1.165) is 47.2 Å². The highest BCUT2D eigenvalue weighted by Crippen LogP contribution is 2.54. The Morgan fingerprint density at radius 1 is 0.476 bits per heavy atom. The molecule has 1 atom stereocenters. The number of furan rings is 1. The maximum absolute atomic E-state index is 6.86. The molecule has 0 fully saturated rings. The lowest BCUT2D eigenvalue weighted by Crippen LogP contribution is -2.15. The number of nitrogens with zero attached hydrogens (tertiary/aromatic N) is 1. The molecule has 10 aromatic carbocycles. The van der Waals surface area contributed by atoms with Crippen molar-refractivity contribution in [1.29, 1.82) is 0 Å². The summed E-state index contributed by atoms with van der Waals surface area (Å²) >= 11 is 1.87. The van der Waals surface area contributed by atoms with E-state index >= 15 is 0 Å². The Morgan fingerprint density at radius 2 is 1.17 bits per heavy atom. The fraction of sp³-hybridized carbons (Fsp3) is 0.0667. The van der Waals surface area contributed by atoms with Crippen LogP contribution >= 0.6 is 11.3 Å². The summed E-state index contributed by atoms with van der Waals surface area (Å²) in [4.78, 5) is 2.53. The average molecular weight is 824 g/mol. The Morgan fingerprint density at radius 3 is 2.03 bits per heavy atom. The van der Waals surface area contributed by atoms with Gasteiger partial charge in [0.15, 0.2) is 0 Å². The Kier molecular flexibility index (Phi) is 8.38. The van der Waals surface area contributed by atoms with Crippen LogP contribution in [-0.4, -0.2) is 0 Å². The minimum atomic E-state index is 0.229. The second-order valence-corrected chi connectivity index (χ2v) is 18.1. The predicted octanol–water partition coefficient (Wildman–Crippen LogP) is 17.3. The van der Waals surface area contributed by atoms with Gasteiger partial charge < -0.3 is 9.32 Å². The van der Waals surface area contributed by atoms with E-state index < -0.39 is 0 Å². The van der Waals surface area contributed by atoms with Crippen molar-refractivity contribution in [2.75, 3.05) is 4.90 Å². The van der Waals surface area contributed by atoms with Crippen molar-refractivity contribution >= 4 is 92.1 Å². The summed E-state index contributed by atoms with van der Waals surface area (Å²) in [6, 6.07) is 76.4. The van der Waals surface area contributed by atoms with Gasteiger partial charge >= 0.3 is 0 Å². The maximum atomic E-state index is 6.86. The van der Waals surface area contributed by atoms with Gasteiger partial charge in [-0.05, 0) is 141 Å². The summed E-state index contributed by atoms with van der Waals surface area (Å²) in [7, 11) is 0. The lowest BCUT2D eigenvalue weighted by atomic mass is 9.81. The summed E-state index contributed by atoms with van der Waals surface area (Å²) in [5.41, 5.74) is 14.6. The fourth-order valence-corrected chi connectivity index (χ4v) is 11.9. The van der Waals surface area contributed by atoms with Gasteiger partial charge in [0, 0.05) is 47.9 Å². The summed E-state index contributed by atoms with van der Waals surface area (Å²) in [6.07, 6.45) is 2.85. The summed E-state index contributed by atoms with van der Waals surface area (Å²) < 4.78 is 9.48. The Bertz CT molecular complexity index is 3730. The summed E-state index contributed by atoms with van der Waals surface area (Å²) in [5.74, 6) is 0.229. The number of fused-ring (bicyclic) bond motifs is 12. The van der Waals surface area contributed by atoms with Crippen molar-refractivity contribution in [1.82, 2.24) is 0 Å². The topological polar surface area (TPSA) is 16.4 Å². The monoisotopic (exact) mass is 823 g/mol. The third kappa shape index (κ3) is 5.84. The van der Waals surface area contributed by atoms with E-state index in [1.165, 1.54) is 91.7 Å². The molecule has 0 bridgehead atoms. The molecule has 298 valence electrons. The van der Waals surface area contributed by atoms with Crippen LogP contribution in [0.25, 0.3) is 85.9 Å². The zero-order valence-corrected chi connectivity index (χ0v) is 35.4. The van der Waals surface area contributed by atoms with Gasteiger partial charge in [-0.3, -0.25) is 0 Å². The standard InChI is InChI=1S/C60H41NOS/c1-3-16-38(17-4-1)34-40-30-31-41-36-54-59(48-25-11-13-28-53(48)62-54)60(51-35-39-18-7-8-21-44(39)45-22-9-10-23-46(45)51)58(41)49-26-15-27-52(57(40)49)61(42-19-5-2-6-20-42)43-32-33-56-50(37-43)47-24-12-14-29-55(47)63-56/h1-29,32-33,35-37,40H,30-31,34H2. The molecule has 1 unspecified atom stereocenters. The molecule has 13 rings (SSSR count). The molecule has 1 aliphatic carbocycles. The first-order valence-electron chi connectivity index (χ1n) is 22.1. The van der Waals surface area contributed by atoms with Crippen LogP contribution in [0.1, 0.15) is 29.0 Å². The number of thiophene rings is 1. The molecular weight excluding hydrogens is 783 g/mol. The van der Waals surface area contributed by atoms with Crippen LogP contribution in [0.5, 0.6) is 0 Å². The van der Waals surface area contributed by atoms with E-state index in [1.54, 1.807) is 0 Å². The minimum absolute atomic E-state index is 0.229. The largest absolute Gasteiger partial charge is 0.456 e. The zero-order valence-electron chi connectivity index (χ0n) is 34.6. The van der Waals surface area contributed by atoms with Gasteiger partial charge in [-0.1, -0.05) is 146 Å². The van der Waals surface area contributed by atoms with E-state index in [4.69, 9.17) is 4.42 Å². The molecule has 0 saturated heterocycles. The first kappa shape index (κ1) is 36.2. The molecule has 0 saturated carbocycles. The Labute approximate surface area is 369 Å². The SMILES string of the molecule is c1ccc(CC2CCc3cc4oc5ccccc5c4c(-c4cc5ccccc5c5ccccc45)c3-c3cccc(N(c4ccccc4)c4ccc5sc6ccccc6c5c4)c32)cc1. The zero-order chi connectivity index (χ0) is 41.4. The molecule has 2 aromatic heterocycles. The smallest absolute Gasteiger partial charge is 0.136 e. The van der Waals surface area contributed by atoms with Crippen LogP contribution in [0, 0.1) is 0 Å². The fourth-order valence-electron chi connectivity index (χ4n) is 10.8. The number of aryl methyl sites for hydroxylation is 1. The van der Waals surface area contributed by atoms with Crippen molar-refractivity contribution in [2.24, 2.45) is 0 Å². The molecular formula is C60H41NOS. The molecule has 0 spiro atoms. The molecule has 12 aromatic rings.